The lowest BCUT2D eigenvalue weighted by Gasteiger charge is -2.09. The summed E-state index contributed by atoms with van der Waals surface area (Å²) in [5.74, 6) is -1.66. The Bertz CT molecular complexity index is 619. The van der Waals surface area contributed by atoms with Crippen LogP contribution in [0.5, 0.6) is 0 Å². The molecule has 0 amide bonds. The Morgan fingerprint density at radius 2 is 2.00 bits per heavy atom. The number of sulfonamides is 1. The number of ether oxygens (including phenoxy) is 1. The van der Waals surface area contributed by atoms with E-state index in [2.05, 4.69) is 22.9 Å². The van der Waals surface area contributed by atoms with Crippen molar-refractivity contribution in [2.75, 3.05) is 6.61 Å². The molecule has 1 aromatic rings. The van der Waals surface area contributed by atoms with Crippen molar-refractivity contribution in [3.63, 3.8) is 0 Å². The van der Waals surface area contributed by atoms with Crippen LogP contribution in [0.25, 0.3) is 0 Å². The van der Waals surface area contributed by atoms with E-state index < -0.39 is 26.7 Å². The average molecular weight is 382 g/mol. The Morgan fingerprint density at radius 1 is 1.33 bits per heavy atom. The van der Waals surface area contributed by atoms with Crippen molar-refractivity contribution in [3.8, 4) is 0 Å². The van der Waals surface area contributed by atoms with Crippen molar-refractivity contribution in [3.05, 3.63) is 28.0 Å². The van der Waals surface area contributed by atoms with Crippen molar-refractivity contribution in [2.24, 2.45) is 5.14 Å². The fourth-order valence-corrected chi connectivity index (χ4v) is 3.40. The fourth-order valence-electron chi connectivity index (χ4n) is 1.69. The predicted molar refractivity (Wildman–Crippen MR) is 79.9 cm³/mol. The molecule has 0 aliphatic heterocycles. The van der Waals surface area contributed by atoms with Crippen molar-refractivity contribution >= 4 is 31.9 Å². The number of primary sulfonamides is 1. The number of unbranched alkanes of at least 4 members (excludes halogenated alkanes) is 3. The molecule has 0 heterocycles. The minimum absolute atomic E-state index is 0.0926. The molecule has 0 fully saturated rings. The molecule has 5 nitrogen and oxygen atoms in total. The van der Waals surface area contributed by atoms with E-state index in [9.17, 15) is 17.6 Å². The lowest BCUT2D eigenvalue weighted by atomic mass is 10.2. The number of hydrogen-bond acceptors (Lipinski definition) is 4. The zero-order valence-electron chi connectivity index (χ0n) is 11.6. The lowest BCUT2D eigenvalue weighted by Crippen LogP contribution is -2.16. The van der Waals surface area contributed by atoms with Crippen LogP contribution in [0.15, 0.2) is 21.5 Å². The molecular formula is C13H17BrFNO4S. The van der Waals surface area contributed by atoms with Gasteiger partial charge in [-0.3, -0.25) is 0 Å². The third-order valence-corrected chi connectivity index (χ3v) is 4.81. The van der Waals surface area contributed by atoms with E-state index in [1.54, 1.807) is 0 Å². The van der Waals surface area contributed by atoms with E-state index in [1.807, 2.05) is 0 Å². The third-order valence-electron chi connectivity index (χ3n) is 2.76. The van der Waals surface area contributed by atoms with Crippen molar-refractivity contribution in [1.82, 2.24) is 0 Å². The quantitative estimate of drug-likeness (QED) is 0.580. The van der Waals surface area contributed by atoms with Crippen molar-refractivity contribution < 1.29 is 22.3 Å². The van der Waals surface area contributed by atoms with Gasteiger partial charge >= 0.3 is 5.97 Å². The summed E-state index contributed by atoms with van der Waals surface area (Å²) in [6, 6.07) is 1.66. The molecule has 0 radical (unpaired) electrons. The maximum absolute atomic E-state index is 13.4. The molecule has 0 aliphatic rings. The highest BCUT2D eigenvalue weighted by atomic mass is 79.9. The van der Waals surface area contributed by atoms with Gasteiger partial charge in [0, 0.05) is 0 Å². The summed E-state index contributed by atoms with van der Waals surface area (Å²) in [5, 5.41) is 4.97. The molecule has 1 rings (SSSR count). The summed E-state index contributed by atoms with van der Waals surface area (Å²) >= 11 is 2.96. The van der Waals surface area contributed by atoms with Gasteiger partial charge in [-0.15, -0.1) is 0 Å². The van der Waals surface area contributed by atoms with Gasteiger partial charge in [0.15, 0.2) is 0 Å². The van der Waals surface area contributed by atoms with E-state index in [1.165, 1.54) is 0 Å². The van der Waals surface area contributed by atoms with Crippen LogP contribution in [0.3, 0.4) is 0 Å². The summed E-state index contributed by atoms with van der Waals surface area (Å²) in [6.45, 7) is 2.26. The van der Waals surface area contributed by atoms with Crippen LogP contribution in [0.1, 0.15) is 43.0 Å². The minimum atomic E-state index is -4.14. The summed E-state index contributed by atoms with van der Waals surface area (Å²) in [7, 11) is -4.14. The Morgan fingerprint density at radius 3 is 2.57 bits per heavy atom. The molecule has 0 spiro atoms. The van der Waals surface area contributed by atoms with Gasteiger partial charge in [0.05, 0.1) is 21.5 Å². The number of halogens is 2. The van der Waals surface area contributed by atoms with Crippen LogP contribution >= 0.6 is 15.9 Å². The zero-order valence-corrected chi connectivity index (χ0v) is 14.0. The topological polar surface area (TPSA) is 86.5 Å². The van der Waals surface area contributed by atoms with Crippen LogP contribution in [0.2, 0.25) is 0 Å². The predicted octanol–water partition coefficient (Wildman–Crippen LogP) is 2.97. The third kappa shape index (κ3) is 5.37. The Labute approximate surface area is 131 Å². The first-order valence-electron chi connectivity index (χ1n) is 6.46. The van der Waals surface area contributed by atoms with Crippen molar-refractivity contribution in [1.29, 1.82) is 0 Å². The van der Waals surface area contributed by atoms with Crippen LogP contribution < -0.4 is 5.14 Å². The van der Waals surface area contributed by atoms with Crippen LogP contribution in [0.4, 0.5) is 4.39 Å². The first-order valence-corrected chi connectivity index (χ1v) is 8.80. The van der Waals surface area contributed by atoms with Gasteiger partial charge in [-0.2, -0.15) is 0 Å². The standard InChI is InChI=1S/C13H17BrFNO4S/c1-2-3-4-5-6-20-13(17)10-7-9(15)8-11(12(10)14)21(16,18)19/h7-8H,2-6H2,1H3,(H2,16,18,19). The maximum atomic E-state index is 13.4. The second-order valence-corrected chi connectivity index (χ2v) is 6.83. The smallest absolute Gasteiger partial charge is 0.339 e. The number of carbonyl (C=O) groups is 1. The molecule has 0 atom stereocenters. The molecule has 0 unspecified atom stereocenters. The van der Waals surface area contributed by atoms with E-state index in [4.69, 9.17) is 9.88 Å². The van der Waals surface area contributed by atoms with Crippen LogP contribution in [0, 0.1) is 5.82 Å². The van der Waals surface area contributed by atoms with Gasteiger partial charge in [-0.25, -0.2) is 22.7 Å². The number of carbonyl (C=O) groups excluding carboxylic acids is 1. The number of hydrogen-bond donors (Lipinski definition) is 1. The van der Waals surface area contributed by atoms with E-state index >= 15 is 0 Å². The summed E-state index contributed by atoms with van der Waals surface area (Å²) < 4.78 is 41.0. The number of nitrogens with two attached hydrogens (primary N) is 1. The maximum Gasteiger partial charge on any atom is 0.339 e. The Hall–Kier alpha value is -0.990. The van der Waals surface area contributed by atoms with E-state index in [-0.39, 0.29) is 16.6 Å². The summed E-state index contributed by atoms with van der Waals surface area (Å²) in [6.07, 6.45) is 3.73. The van der Waals surface area contributed by atoms with Crippen LogP contribution in [-0.2, 0) is 14.8 Å². The van der Waals surface area contributed by atoms with Gasteiger partial charge in [-0.05, 0) is 34.5 Å². The molecule has 118 valence electrons. The fraction of sp³-hybridized carbons (Fsp3) is 0.462. The molecule has 1 aromatic carbocycles. The van der Waals surface area contributed by atoms with Gasteiger partial charge in [0.25, 0.3) is 0 Å². The zero-order chi connectivity index (χ0) is 16.0. The Balaban J connectivity index is 2.88. The second kappa shape index (κ2) is 7.86. The largest absolute Gasteiger partial charge is 0.462 e. The highest BCUT2D eigenvalue weighted by molar-refractivity contribution is 9.10. The normalized spacial score (nSPS) is 11.4. The van der Waals surface area contributed by atoms with E-state index in [0.717, 1.165) is 31.4 Å². The Kier molecular flexibility index (Phi) is 6.76. The van der Waals surface area contributed by atoms with Gasteiger partial charge in [0.2, 0.25) is 10.0 Å². The average Bonchev–Trinajstić information content (AvgIpc) is 2.39. The highest BCUT2D eigenvalue weighted by Crippen LogP contribution is 2.27. The minimum Gasteiger partial charge on any atom is -0.462 e. The molecule has 0 saturated heterocycles. The molecule has 0 aliphatic carbocycles. The highest BCUT2D eigenvalue weighted by Gasteiger charge is 2.22. The molecule has 0 bridgehead atoms. The number of benzene rings is 1. The molecule has 21 heavy (non-hydrogen) atoms. The summed E-state index contributed by atoms with van der Waals surface area (Å²) in [5.41, 5.74) is -0.200. The second-order valence-electron chi connectivity index (χ2n) is 4.51. The SMILES string of the molecule is CCCCCCOC(=O)c1cc(F)cc(S(N)(=O)=O)c1Br. The molecule has 8 heteroatoms. The lowest BCUT2D eigenvalue weighted by molar-refractivity contribution is 0.0495. The van der Waals surface area contributed by atoms with Gasteiger partial charge < -0.3 is 4.74 Å². The van der Waals surface area contributed by atoms with E-state index in [0.29, 0.717) is 6.42 Å². The molecule has 0 saturated carbocycles. The first kappa shape index (κ1) is 18.1. The first-order chi connectivity index (χ1) is 9.77. The van der Waals surface area contributed by atoms with Crippen LogP contribution in [-0.4, -0.2) is 21.0 Å². The van der Waals surface area contributed by atoms with Gasteiger partial charge in [-0.1, -0.05) is 26.2 Å². The molecule has 0 aromatic heterocycles. The molecule has 2 N–H and O–H groups in total. The van der Waals surface area contributed by atoms with Gasteiger partial charge in [0.1, 0.15) is 5.82 Å². The number of rotatable bonds is 7. The summed E-state index contributed by atoms with van der Waals surface area (Å²) in [4.78, 5) is 11.4. The van der Waals surface area contributed by atoms with Crippen molar-refractivity contribution in [2.45, 2.75) is 37.5 Å². The monoisotopic (exact) mass is 381 g/mol. The molecular weight excluding hydrogens is 365 g/mol. The number of esters is 1.